The molecule has 0 atom stereocenters. The number of carbonyl (C=O) groups excluding carboxylic acids is 3. The summed E-state index contributed by atoms with van der Waals surface area (Å²) in [6.07, 6.45) is 3.16. The van der Waals surface area contributed by atoms with E-state index in [0.717, 1.165) is 34.5 Å². The van der Waals surface area contributed by atoms with Gasteiger partial charge in [0.2, 0.25) is 5.91 Å². The minimum atomic E-state index is -0.373. The van der Waals surface area contributed by atoms with Gasteiger partial charge in [-0.3, -0.25) is 14.4 Å². The Hall–Kier alpha value is -3.71. The van der Waals surface area contributed by atoms with E-state index in [1.807, 2.05) is 65.7 Å². The molecular formula is C27H27N3O3S. The number of aryl methyl sites for hydroxylation is 1. The van der Waals surface area contributed by atoms with E-state index in [9.17, 15) is 14.4 Å². The lowest BCUT2D eigenvalue weighted by atomic mass is 10.1. The van der Waals surface area contributed by atoms with Crippen LogP contribution >= 0.6 is 11.3 Å². The number of hydrogen-bond donors (Lipinski definition) is 2. The Morgan fingerprint density at radius 2 is 1.79 bits per heavy atom. The number of amides is 3. The molecule has 1 aliphatic rings. The standard InChI is InChI=1S/C27H27N3O3S/c1-19-8-2-5-12-23(19)26(32)29-24(16-22-11-7-15-34-22)27(33)28-17-20-9-3-4-10-21(20)18-30-14-6-13-25(30)31/h2-5,7-12,15-16H,6,13-14,17-18H2,1H3,(H,28,33)(H,29,32)/b24-16-. The Bertz CT molecular complexity index is 1220. The summed E-state index contributed by atoms with van der Waals surface area (Å²) < 4.78 is 0. The zero-order valence-electron chi connectivity index (χ0n) is 19.0. The van der Waals surface area contributed by atoms with Crippen molar-refractivity contribution in [2.24, 2.45) is 0 Å². The van der Waals surface area contributed by atoms with Crippen LogP contribution in [0.4, 0.5) is 0 Å². The summed E-state index contributed by atoms with van der Waals surface area (Å²) in [7, 11) is 0. The van der Waals surface area contributed by atoms with E-state index in [1.165, 1.54) is 11.3 Å². The first-order chi connectivity index (χ1) is 16.5. The predicted molar refractivity (Wildman–Crippen MR) is 134 cm³/mol. The smallest absolute Gasteiger partial charge is 0.268 e. The van der Waals surface area contributed by atoms with Crippen LogP contribution < -0.4 is 10.6 Å². The molecule has 174 valence electrons. The molecule has 0 unspecified atom stereocenters. The highest BCUT2D eigenvalue weighted by Gasteiger charge is 2.21. The molecule has 0 bridgehead atoms. The van der Waals surface area contributed by atoms with Crippen molar-refractivity contribution in [2.75, 3.05) is 6.54 Å². The van der Waals surface area contributed by atoms with Gasteiger partial charge in [0.15, 0.2) is 0 Å². The fourth-order valence-electron chi connectivity index (χ4n) is 3.92. The molecule has 3 aromatic rings. The van der Waals surface area contributed by atoms with Gasteiger partial charge in [-0.25, -0.2) is 0 Å². The number of carbonyl (C=O) groups is 3. The van der Waals surface area contributed by atoms with Crippen molar-refractivity contribution >= 4 is 35.1 Å². The van der Waals surface area contributed by atoms with Gasteiger partial charge in [0.05, 0.1) is 0 Å². The van der Waals surface area contributed by atoms with Gasteiger partial charge < -0.3 is 15.5 Å². The number of benzene rings is 2. The summed E-state index contributed by atoms with van der Waals surface area (Å²) >= 11 is 1.48. The largest absolute Gasteiger partial charge is 0.347 e. The van der Waals surface area contributed by atoms with Crippen molar-refractivity contribution in [3.05, 3.63) is 98.9 Å². The van der Waals surface area contributed by atoms with Crippen LogP contribution in [0.15, 0.2) is 71.7 Å². The maximum Gasteiger partial charge on any atom is 0.268 e. The number of likely N-dealkylation sites (tertiary alicyclic amines) is 1. The number of rotatable bonds is 8. The van der Waals surface area contributed by atoms with Gasteiger partial charge in [-0.2, -0.15) is 0 Å². The van der Waals surface area contributed by atoms with Crippen LogP contribution in [0.2, 0.25) is 0 Å². The van der Waals surface area contributed by atoms with E-state index in [0.29, 0.717) is 25.1 Å². The Morgan fingerprint density at radius 1 is 1.03 bits per heavy atom. The molecule has 2 N–H and O–H groups in total. The van der Waals surface area contributed by atoms with Crippen LogP contribution in [-0.2, 0) is 22.7 Å². The summed E-state index contributed by atoms with van der Waals surface area (Å²) in [4.78, 5) is 40.8. The Balaban J connectivity index is 1.49. The minimum Gasteiger partial charge on any atom is -0.347 e. The normalized spacial score (nSPS) is 13.7. The Kier molecular flexibility index (Phi) is 7.54. The van der Waals surface area contributed by atoms with Crippen molar-refractivity contribution in [2.45, 2.75) is 32.9 Å². The molecule has 1 aliphatic heterocycles. The molecule has 0 radical (unpaired) electrons. The van der Waals surface area contributed by atoms with Gasteiger partial charge in [-0.15, -0.1) is 11.3 Å². The van der Waals surface area contributed by atoms with Crippen molar-refractivity contribution in [1.82, 2.24) is 15.5 Å². The topological polar surface area (TPSA) is 78.5 Å². The molecule has 34 heavy (non-hydrogen) atoms. The van der Waals surface area contributed by atoms with Crippen LogP contribution in [0.5, 0.6) is 0 Å². The first-order valence-corrected chi connectivity index (χ1v) is 12.1. The lowest BCUT2D eigenvalue weighted by Crippen LogP contribution is -2.35. The summed E-state index contributed by atoms with van der Waals surface area (Å²) in [5.41, 5.74) is 3.49. The van der Waals surface area contributed by atoms with E-state index in [1.54, 1.807) is 18.2 Å². The highest BCUT2D eigenvalue weighted by Crippen LogP contribution is 2.18. The van der Waals surface area contributed by atoms with E-state index >= 15 is 0 Å². The SMILES string of the molecule is Cc1ccccc1C(=O)N/C(=C\c1cccs1)C(=O)NCc1ccccc1CN1CCCC1=O. The summed E-state index contributed by atoms with van der Waals surface area (Å²) in [5.74, 6) is -0.537. The first kappa shape index (κ1) is 23.4. The molecule has 2 aromatic carbocycles. The van der Waals surface area contributed by atoms with Gasteiger partial charge in [-0.1, -0.05) is 48.5 Å². The van der Waals surface area contributed by atoms with Gasteiger partial charge in [0.25, 0.3) is 11.8 Å². The minimum absolute atomic E-state index is 0.166. The van der Waals surface area contributed by atoms with Crippen LogP contribution in [-0.4, -0.2) is 29.2 Å². The van der Waals surface area contributed by atoms with Crippen LogP contribution in [0.3, 0.4) is 0 Å². The zero-order chi connectivity index (χ0) is 23.9. The van der Waals surface area contributed by atoms with E-state index in [2.05, 4.69) is 10.6 Å². The molecule has 1 aromatic heterocycles. The third-order valence-electron chi connectivity index (χ3n) is 5.80. The molecule has 7 heteroatoms. The predicted octanol–water partition coefficient (Wildman–Crippen LogP) is 4.27. The molecule has 4 rings (SSSR count). The van der Waals surface area contributed by atoms with Gasteiger partial charge >= 0.3 is 0 Å². The number of hydrogen-bond acceptors (Lipinski definition) is 4. The fourth-order valence-corrected chi connectivity index (χ4v) is 4.58. The molecule has 2 heterocycles. The lowest BCUT2D eigenvalue weighted by Gasteiger charge is -2.18. The summed E-state index contributed by atoms with van der Waals surface area (Å²) in [5, 5.41) is 7.65. The van der Waals surface area contributed by atoms with Crippen LogP contribution in [0, 0.1) is 6.92 Å². The molecule has 0 saturated carbocycles. The lowest BCUT2D eigenvalue weighted by molar-refractivity contribution is -0.128. The van der Waals surface area contributed by atoms with Crippen molar-refractivity contribution in [1.29, 1.82) is 0 Å². The molecule has 6 nitrogen and oxygen atoms in total. The van der Waals surface area contributed by atoms with Crippen molar-refractivity contribution in [3.63, 3.8) is 0 Å². The second-order valence-electron chi connectivity index (χ2n) is 8.21. The van der Waals surface area contributed by atoms with Crippen molar-refractivity contribution < 1.29 is 14.4 Å². The van der Waals surface area contributed by atoms with Gasteiger partial charge in [0.1, 0.15) is 5.70 Å². The molecule has 3 amide bonds. The van der Waals surface area contributed by atoms with Crippen LogP contribution in [0.25, 0.3) is 6.08 Å². The number of nitrogens with zero attached hydrogens (tertiary/aromatic N) is 1. The highest BCUT2D eigenvalue weighted by molar-refractivity contribution is 7.10. The maximum absolute atomic E-state index is 13.1. The van der Waals surface area contributed by atoms with E-state index in [-0.39, 0.29) is 23.4 Å². The van der Waals surface area contributed by atoms with Gasteiger partial charge in [-0.05, 0) is 53.6 Å². The monoisotopic (exact) mass is 473 g/mol. The fraction of sp³-hybridized carbons (Fsp3) is 0.222. The third-order valence-corrected chi connectivity index (χ3v) is 6.62. The average molecular weight is 474 g/mol. The third kappa shape index (κ3) is 5.80. The van der Waals surface area contributed by atoms with E-state index < -0.39 is 0 Å². The Labute approximate surface area is 203 Å². The molecular weight excluding hydrogens is 446 g/mol. The number of nitrogens with one attached hydrogen (secondary N) is 2. The van der Waals surface area contributed by atoms with Crippen molar-refractivity contribution in [3.8, 4) is 0 Å². The first-order valence-electron chi connectivity index (χ1n) is 11.3. The second kappa shape index (κ2) is 10.9. The molecule has 0 spiro atoms. The van der Waals surface area contributed by atoms with Crippen LogP contribution in [0.1, 0.15) is 44.8 Å². The summed E-state index contributed by atoms with van der Waals surface area (Å²) in [6.45, 7) is 3.45. The maximum atomic E-state index is 13.1. The molecule has 1 fully saturated rings. The van der Waals surface area contributed by atoms with Gasteiger partial charge in [0, 0.05) is 36.5 Å². The number of thiophene rings is 1. The molecule has 0 aliphatic carbocycles. The second-order valence-corrected chi connectivity index (χ2v) is 9.19. The Morgan fingerprint density at radius 3 is 2.50 bits per heavy atom. The molecule has 1 saturated heterocycles. The average Bonchev–Trinajstić information content (AvgIpc) is 3.50. The van der Waals surface area contributed by atoms with E-state index in [4.69, 9.17) is 0 Å². The quantitative estimate of drug-likeness (QED) is 0.480. The highest BCUT2D eigenvalue weighted by atomic mass is 32.1. The zero-order valence-corrected chi connectivity index (χ0v) is 19.9. The summed E-state index contributed by atoms with van der Waals surface area (Å²) in [6, 6.07) is 18.8.